The molecule has 2 aliphatic heterocycles. The lowest BCUT2D eigenvalue weighted by molar-refractivity contribution is -0.314. The molecule has 61 heavy (non-hydrogen) atoms. The third-order valence-corrected chi connectivity index (χ3v) is 11.8. The first-order chi connectivity index (χ1) is 28.8. The van der Waals surface area contributed by atoms with Gasteiger partial charge in [0.1, 0.15) is 24.4 Å². The topological polar surface area (TPSA) is 204 Å². The van der Waals surface area contributed by atoms with Crippen LogP contribution in [-0.4, -0.2) is 107 Å². The van der Waals surface area contributed by atoms with E-state index in [2.05, 4.69) is 5.32 Å². The van der Waals surface area contributed by atoms with Crippen molar-refractivity contribution in [2.45, 2.75) is 136 Å². The minimum Gasteiger partial charge on any atom is -0.490 e. The molecule has 2 heterocycles. The first kappa shape index (κ1) is 50.9. The molecule has 1 saturated heterocycles. The number of ether oxygens (including phenoxy) is 5. The molecule has 0 aromatic rings. The predicted molar refractivity (Wildman–Crippen MR) is 228 cm³/mol. The average molecular weight is 854 g/mol. The maximum atomic E-state index is 13.8. The number of ketones is 2. The Balaban J connectivity index is 1.97. The lowest BCUT2D eigenvalue weighted by atomic mass is 9.77. The molecule has 1 aliphatic carbocycles. The zero-order valence-electron chi connectivity index (χ0n) is 37.2. The van der Waals surface area contributed by atoms with Crippen molar-refractivity contribution in [3.8, 4) is 0 Å². The molecule has 14 nitrogen and oxygen atoms in total. The Morgan fingerprint density at radius 2 is 1.72 bits per heavy atom. The van der Waals surface area contributed by atoms with Crippen LogP contribution >= 0.6 is 0 Å². The minimum absolute atomic E-state index is 0.0402. The summed E-state index contributed by atoms with van der Waals surface area (Å²) in [6.07, 6.45) is 13.1. The lowest BCUT2D eigenvalue weighted by Gasteiger charge is -2.48. The van der Waals surface area contributed by atoms with E-state index in [0.717, 1.165) is 24.1 Å². The maximum Gasteiger partial charge on any atom is 0.373 e. The Kier molecular flexibility index (Phi) is 19.7. The molecule has 1 amide bonds. The second-order valence-corrected chi connectivity index (χ2v) is 16.7. The summed E-state index contributed by atoms with van der Waals surface area (Å²) in [5.74, 6) is -8.38. The summed E-state index contributed by atoms with van der Waals surface area (Å²) >= 11 is 0. The van der Waals surface area contributed by atoms with E-state index in [0.29, 0.717) is 12.0 Å². The van der Waals surface area contributed by atoms with E-state index in [9.17, 15) is 39.3 Å². The third kappa shape index (κ3) is 14.3. The standard InChI is InChI=1S/C47H67NO13/c1-11-12-13-14-17-36-31(6)39(59-41(52)22-21-40(51)48-42-34(49)19-20-35(42)50)26-47(56,61-36)33(8)44(54)32(7)45-37(57-9)18-15-16-27(2)23-29(4)43(53)30(5)24-28(3)25-38(58-10)46(55)60-45/h12-18,21-22,24-25,29-33,36-37,39,42-45,53-54,56H,11,19-20,23,26H2,1-10H3,(H,48,51)/b13-12+,17-14+,18-15+,22-21+,27-16+,28-24+,38-25-/t29-,30+,31+,32-,33-,36+,37-,39+,43-,44+,45+,47+/m0/s1. The molecule has 1 saturated carbocycles. The number of esters is 2. The summed E-state index contributed by atoms with van der Waals surface area (Å²) in [7, 11) is 2.78. The van der Waals surface area contributed by atoms with Crippen LogP contribution in [0, 0.1) is 29.6 Å². The molecule has 0 aromatic carbocycles. The zero-order valence-corrected chi connectivity index (χ0v) is 37.2. The highest BCUT2D eigenvalue weighted by Gasteiger charge is 2.52. The number of methoxy groups -OCH3 is 2. The third-order valence-electron chi connectivity index (χ3n) is 11.8. The normalized spacial score (nSPS) is 34.8. The Bertz CT molecular complexity index is 1760. The van der Waals surface area contributed by atoms with Crippen molar-refractivity contribution in [2.24, 2.45) is 29.6 Å². The van der Waals surface area contributed by atoms with Crippen LogP contribution in [0.25, 0.3) is 0 Å². The van der Waals surface area contributed by atoms with E-state index in [1.807, 2.05) is 52.0 Å². The van der Waals surface area contributed by atoms with Gasteiger partial charge >= 0.3 is 11.9 Å². The van der Waals surface area contributed by atoms with Crippen molar-refractivity contribution in [1.29, 1.82) is 0 Å². The van der Waals surface area contributed by atoms with Gasteiger partial charge in [-0.25, -0.2) is 9.59 Å². The van der Waals surface area contributed by atoms with E-state index in [-0.39, 0.29) is 36.9 Å². The number of hydrogen-bond donors (Lipinski definition) is 4. The second kappa shape index (κ2) is 23.7. The van der Waals surface area contributed by atoms with Gasteiger partial charge in [-0.1, -0.05) is 101 Å². The van der Waals surface area contributed by atoms with Gasteiger partial charge < -0.3 is 44.3 Å². The van der Waals surface area contributed by atoms with E-state index in [4.69, 9.17) is 23.7 Å². The monoisotopic (exact) mass is 853 g/mol. The van der Waals surface area contributed by atoms with Crippen LogP contribution in [0.5, 0.6) is 0 Å². The fourth-order valence-corrected chi connectivity index (χ4v) is 7.93. The minimum atomic E-state index is -2.10. The van der Waals surface area contributed by atoms with Crippen molar-refractivity contribution in [2.75, 3.05) is 14.2 Å². The number of aliphatic hydroxyl groups excluding tert-OH is 2. The molecule has 2 fully saturated rings. The van der Waals surface area contributed by atoms with Gasteiger partial charge in [-0.2, -0.15) is 0 Å². The zero-order chi connectivity index (χ0) is 45.6. The number of allylic oxidation sites excluding steroid dienone is 8. The first-order valence-corrected chi connectivity index (χ1v) is 21.1. The van der Waals surface area contributed by atoms with Gasteiger partial charge in [0.25, 0.3) is 0 Å². The van der Waals surface area contributed by atoms with Crippen molar-refractivity contribution < 1.29 is 63.0 Å². The van der Waals surface area contributed by atoms with E-state index < -0.39 is 95.6 Å². The second-order valence-electron chi connectivity index (χ2n) is 16.7. The number of rotatable bonds is 13. The lowest BCUT2D eigenvalue weighted by Crippen LogP contribution is -2.58. The highest BCUT2D eigenvalue weighted by atomic mass is 16.6. The van der Waals surface area contributed by atoms with Gasteiger partial charge in [0.15, 0.2) is 17.4 Å². The SMILES string of the molecule is CC/C=C/C=C/[C@H]1O[C@@](O)([C@@H](C)[C@H](O)[C@H](C)[C@H]2OC(=O)/C(OC)=C/C(C)=C/[C@@H](C)[C@@H](O)[C@@H](C)C/C(C)=C/C=C/[C@@H]2OC)C[C@@H](OC(=O)/C=C/C(=O)NC2C(=O)CCC2=O)[C@@H]1C. The molecule has 3 rings (SSSR count). The summed E-state index contributed by atoms with van der Waals surface area (Å²) in [5, 5.41) is 37.7. The summed E-state index contributed by atoms with van der Waals surface area (Å²) in [6, 6.07) is -1.25. The number of aliphatic hydroxyl groups is 3. The van der Waals surface area contributed by atoms with Gasteiger partial charge in [0.05, 0.1) is 25.4 Å². The Hall–Kier alpha value is -4.47. The number of carbonyl (C=O) groups is 5. The van der Waals surface area contributed by atoms with Crippen LogP contribution in [0.1, 0.15) is 87.5 Å². The summed E-state index contributed by atoms with van der Waals surface area (Å²) in [4.78, 5) is 63.3. The molecule has 4 N–H and O–H groups in total. The molecule has 338 valence electrons. The van der Waals surface area contributed by atoms with E-state index in [1.54, 1.807) is 52.0 Å². The van der Waals surface area contributed by atoms with Crippen LogP contribution in [0.15, 0.2) is 83.7 Å². The molecule has 3 aliphatic rings. The molecule has 12 atom stereocenters. The Morgan fingerprint density at radius 3 is 2.34 bits per heavy atom. The van der Waals surface area contributed by atoms with Crippen LogP contribution in [-0.2, 0) is 47.7 Å². The van der Waals surface area contributed by atoms with Crippen LogP contribution in [0.2, 0.25) is 0 Å². The Labute approximate surface area is 360 Å². The van der Waals surface area contributed by atoms with Gasteiger partial charge in [-0.15, -0.1) is 0 Å². The summed E-state index contributed by atoms with van der Waals surface area (Å²) in [5.41, 5.74) is 1.67. The first-order valence-electron chi connectivity index (χ1n) is 21.1. The molecule has 14 heteroatoms. The summed E-state index contributed by atoms with van der Waals surface area (Å²) in [6.45, 7) is 14.6. The number of cyclic esters (lactones) is 1. The van der Waals surface area contributed by atoms with Crippen molar-refractivity contribution in [1.82, 2.24) is 5.32 Å². The van der Waals surface area contributed by atoms with Gasteiger partial charge in [0.2, 0.25) is 11.7 Å². The molecular weight excluding hydrogens is 787 g/mol. The van der Waals surface area contributed by atoms with Crippen LogP contribution in [0.4, 0.5) is 0 Å². The average Bonchev–Trinajstić information content (AvgIpc) is 3.53. The fraction of sp³-hybridized carbons (Fsp3) is 0.596. The van der Waals surface area contributed by atoms with E-state index >= 15 is 0 Å². The number of nitrogens with one attached hydrogen (secondary N) is 1. The largest absolute Gasteiger partial charge is 0.490 e. The molecule has 0 unspecified atom stereocenters. The molecule has 0 spiro atoms. The molecule has 0 aromatic heterocycles. The smallest absolute Gasteiger partial charge is 0.373 e. The molecular formula is C47H67NO13. The number of hydrogen-bond acceptors (Lipinski definition) is 13. The number of amides is 1. The molecule has 0 radical (unpaired) electrons. The van der Waals surface area contributed by atoms with Gasteiger partial charge in [-0.3, -0.25) is 14.4 Å². The highest BCUT2D eigenvalue weighted by Crippen LogP contribution is 2.41. The fourth-order valence-electron chi connectivity index (χ4n) is 7.93. The number of carbonyl (C=O) groups excluding carboxylic acids is 5. The molecule has 0 bridgehead atoms. The quantitative estimate of drug-likeness (QED) is 0.0827. The Morgan fingerprint density at radius 1 is 1.05 bits per heavy atom. The predicted octanol–water partition coefficient (Wildman–Crippen LogP) is 5.08. The van der Waals surface area contributed by atoms with Crippen LogP contribution in [0.3, 0.4) is 0 Å². The van der Waals surface area contributed by atoms with Crippen molar-refractivity contribution >= 4 is 29.4 Å². The summed E-state index contributed by atoms with van der Waals surface area (Å²) < 4.78 is 29.5. The van der Waals surface area contributed by atoms with Crippen molar-refractivity contribution in [3.05, 3.63) is 83.7 Å². The van der Waals surface area contributed by atoms with E-state index in [1.165, 1.54) is 20.3 Å². The van der Waals surface area contributed by atoms with Gasteiger partial charge in [0, 0.05) is 62.2 Å². The van der Waals surface area contributed by atoms with Crippen LogP contribution < -0.4 is 5.32 Å². The number of Topliss-reactive ketones (excluding diaryl/α,β-unsaturated/α-hetero) is 2. The highest BCUT2D eigenvalue weighted by molar-refractivity contribution is 6.14. The maximum absolute atomic E-state index is 13.8. The van der Waals surface area contributed by atoms with Crippen molar-refractivity contribution in [3.63, 3.8) is 0 Å². The van der Waals surface area contributed by atoms with Gasteiger partial charge in [-0.05, 0) is 38.7 Å².